The molecule has 0 aliphatic rings. The van der Waals surface area contributed by atoms with E-state index in [1.807, 2.05) is 0 Å². The second-order valence-electron chi connectivity index (χ2n) is 2.91. The van der Waals surface area contributed by atoms with Crippen LogP contribution in [0.15, 0.2) is 0 Å². The molecule has 7 heteroatoms. The number of carbonyl (C=O) groups excluding carboxylic acids is 1. The second kappa shape index (κ2) is 5.34. The van der Waals surface area contributed by atoms with Crippen molar-refractivity contribution in [3.63, 3.8) is 0 Å². The van der Waals surface area contributed by atoms with Crippen molar-refractivity contribution >= 4 is 34.9 Å². The highest BCUT2D eigenvalue weighted by Crippen LogP contribution is 2.32. The smallest absolute Gasteiger partial charge is 0.358 e. The Hall–Kier alpha value is -1.04. The molecule has 5 nitrogen and oxygen atoms in total. The fourth-order valence-corrected chi connectivity index (χ4v) is 1.61. The number of halogens is 2. The van der Waals surface area contributed by atoms with Crippen molar-refractivity contribution in [2.24, 2.45) is 0 Å². The molecule has 0 aliphatic carbocycles. The topological polar surface area (TPSA) is 85.4 Å². The van der Waals surface area contributed by atoms with Crippen LogP contribution in [0.4, 0.5) is 5.69 Å². The van der Waals surface area contributed by atoms with E-state index in [4.69, 9.17) is 34.0 Å². The number of aromatic nitrogens is 1. The Morgan fingerprint density at radius 3 is 2.62 bits per heavy atom. The van der Waals surface area contributed by atoms with E-state index in [2.05, 4.69) is 9.72 Å². The van der Waals surface area contributed by atoms with E-state index in [-0.39, 0.29) is 34.5 Å². The number of nitrogens with zero attached hydrogens (tertiary/aromatic N) is 1. The Morgan fingerprint density at radius 2 is 2.12 bits per heavy atom. The van der Waals surface area contributed by atoms with Gasteiger partial charge in [0.05, 0.1) is 28.5 Å². The van der Waals surface area contributed by atoms with Crippen molar-refractivity contribution in [2.45, 2.75) is 6.42 Å². The first-order chi connectivity index (χ1) is 7.52. The normalized spacial score (nSPS) is 10.2. The molecule has 0 unspecified atom stereocenters. The fraction of sp³-hybridized carbons (Fsp3) is 0.333. The van der Waals surface area contributed by atoms with E-state index < -0.39 is 5.97 Å². The lowest BCUT2D eigenvalue weighted by Crippen LogP contribution is -2.11. The van der Waals surface area contributed by atoms with Crippen LogP contribution in [0.1, 0.15) is 16.2 Å². The lowest BCUT2D eigenvalue weighted by Gasteiger charge is -2.10. The maximum atomic E-state index is 11.3. The standard InChI is InChI=1S/C9H10Cl2N2O3/c1-16-9(15)8-6(11)7(12)5(10)4(13-8)2-3-14/h14H,2-3H2,1H3,(H2,12,13). The predicted octanol–water partition coefficient (Wildman–Crippen LogP) is 1.29. The van der Waals surface area contributed by atoms with Gasteiger partial charge in [0.2, 0.25) is 0 Å². The van der Waals surface area contributed by atoms with Crippen LogP contribution < -0.4 is 5.73 Å². The largest absolute Gasteiger partial charge is 0.464 e. The molecule has 0 saturated carbocycles. The van der Waals surface area contributed by atoms with Gasteiger partial charge in [-0.1, -0.05) is 23.2 Å². The zero-order valence-electron chi connectivity index (χ0n) is 8.46. The maximum Gasteiger partial charge on any atom is 0.358 e. The number of rotatable bonds is 3. The zero-order valence-corrected chi connectivity index (χ0v) is 9.97. The first kappa shape index (κ1) is 13.0. The highest BCUT2D eigenvalue weighted by molar-refractivity contribution is 6.40. The van der Waals surface area contributed by atoms with Crippen molar-refractivity contribution in [1.29, 1.82) is 0 Å². The Bertz CT molecular complexity index is 424. The van der Waals surface area contributed by atoms with E-state index in [1.165, 1.54) is 7.11 Å². The number of aliphatic hydroxyl groups is 1. The molecule has 0 fully saturated rings. The minimum absolute atomic E-state index is 0.0430. The van der Waals surface area contributed by atoms with Crippen LogP contribution in [0.25, 0.3) is 0 Å². The third-order valence-corrected chi connectivity index (χ3v) is 2.71. The lowest BCUT2D eigenvalue weighted by atomic mass is 10.2. The monoisotopic (exact) mass is 264 g/mol. The number of anilines is 1. The van der Waals surface area contributed by atoms with Crippen molar-refractivity contribution in [3.05, 3.63) is 21.4 Å². The molecule has 16 heavy (non-hydrogen) atoms. The highest BCUT2D eigenvalue weighted by atomic mass is 35.5. The summed E-state index contributed by atoms with van der Waals surface area (Å²) in [6.45, 7) is -0.158. The quantitative estimate of drug-likeness (QED) is 0.804. The number of carbonyl (C=O) groups is 1. The van der Waals surface area contributed by atoms with Crippen LogP contribution in [0, 0.1) is 0 Å². The summed E-state index contributed by atoms with van der Waals surface area (Å²) in [5.74, 6) is -0.701. The van der Waals surface area contributed by atoms with Crippen molar-refractivity contribution < 1.29 is 14.6 Å². The van der Waals surface area contributed by atoms with Gasteiger partial charge in [0, 0.05) is 13.0 Å². The van der Waals surface area contributed by atoms with Gasteiger partial charge in [-0.3, -0.25) is 0 Å². The van der Waals surface area contributed by atoms with Crippen LogP contribution in [0.3, 0.4) is 0 Å². The highest BCUT2D eigenvalue weighted by Gasteiger charge is 2.20. The van der Waals surface area contributed by atoms with Gasteiger partial charge in [-0.15, -0.1) is 0 Å². The van der Waals surface area contributed by atoms with Crippen molar-refractivity contribution in [3.8, 4) is 0 Å². The SMILES string of the molecule is COC(=O)c1nc(CCO)c(Cl)c(N)c1Cl. The summed E-state index contributed by atoms with van der Waals surface area (Å²) in [4.78, 5) is 15.2. The van der Waals surface area contributed by atoms with Gasteiger partial charge in [0.1, 0.15) is 0 Å². The first-order valence-corrected chi connectivity index (χ1v) is 5.11. The van der Waals surface area contributed by atoms with Crippen LogP contribution in [-0.2, 0) is 11.2 Å². The first-order valence-electron chi connectivity index (χ1n) is 4.35. The molecule has 1 aromatic heterocycles. The molecule has 0 amide bonds. The number of methoxy groups -OCH3 is 1. The molecule has 0 saturated heterocycles. The van der Waals surface area contributed by atoms with Crippen LogP contribution >= 0.6 is 23.2 Å². The number of pyridine rings is 1. The van der Waals surface area contributed by atoms with E-state index in [1.54, 1.807) is 0 Å². The number of nitrogens with two attached hydrogens (primary N) is 1. The molecule has 0 bridgehead atoms. The van der Waals surface area contributed by atoms with Crippen molar-refractivity contribution in [1.82, 2.24) is 4.98 Å². The molecule has 1 heterocycles. The molecule has 0 aliphatic heterocycles. The number of ether oxygens (including phenoxy) is 1. The molecule has 1 aromatic rings. The number of esters is 1. The molecule has 1 rings (SSSR count). The average Bonchev–Trinajstić information content (AvgIpc) is 2.29. The number of aliphatic hydroxyl groups excluding tert-OH is 1. The molecule has 88 valence electrons. The Labute approximate surface area is 102 Å². The van der Waals surface area contributed by atoms with Crippen LogP contribution in [-0.4, -0.2) is 29.8 Å². The Kier molecular flexibility index (Phi) is 4.35. The Morgan fingerprint density at radius 1 is 1.50 bits per heavy atom. The molecule has 0 aromatic carbocycles. The molecule has 0 spiro atoms. The van der Waals surface area contributed by atoms with Gasteiger partial charge in [-0.25, -0.2) is 9.78 Å². The van der Waals surface area contributed by atoms with Crippen molar-refractivity contribution in [2.75, 3.05) is 19.5 Å². The minimum Gasteiger partial charge on any atom is -0.464 e. The molecular weight excluding hydrogens is 255 g/mol. The summed E-state index contributed by atoms with van der Waals surface area (Å²) in [6, 6.07) is 0. The number of hydrogen-bond acceptors (Lipinski definition) is 5. The maximum absolute atomic E-state index is 11.3. The predicted molar refractivity (Wildman–Crippen MR) is 60.8 cm³/mol. The van der Waals surface area contributed by atoms with Gasteiger partial charge in [0.15, 0.2) is 5.69 Å². The molecule has 0 radical (unpaired) electrons. The van der Waals surface area contributed by atoms with Crippen LogP contribution in [0.5, 0.6) is 0 Å². The summed E-state index contributed by atoms with van der Waals surface area (Å²) in [5.41, 5.74) is 5.88. The summed E-state index contributed by atoms with van der Waals surface area (Å²) in [5, 5.41) is 8.90. The molecular formula is C9H10Cl2N2O3. The number of nitrogen functional groups attached to an aromatic ring is 1. The minimum atomic E-state index is -0.701. The van der Waals surface area contributed by atoms with E-state index in [9.17, 15) is 4.79 Å². The van der Waals surface area contributed by atoms with E-state index >= 15 is 0 Å². The van der Waals surface area contributed by atoms with Gasteiger partial charge in [-0.05, 0) is 0 Å². The van der Waals surface area contributed by atoms with Gasteiger partial charge >= 0.3 is 5.97 Å². The second-order valence-corrected chi connectivity index (χ2v) is 3.67. The number of hydrogen-bond donors (Lipinski definition) is 2. The third kappa shape index (κ3) is 2.37. The summed E-state index contributed by atoms with van der Waals surface area (Å²) in [6.07, 6.45) is 0.185. The molecule has 3 N–H and O–H groups in total. The molecule has 0 atom stereocenters. The fourth-order valence-electron chi connectivity index (χ4n) is 1.12. The summed E-state index contributed by atoms with van der Waals surface area (Å²) >= 11 is 11.7. The Balaban J connectivity index is 3.35. The van der Waals surface area contributed by atoms with Crippen LogP contribution in [0.2, 0.25) is 10.0 Å². The lowest BCUT2D eigenvalue weighted by molar-refractivity contribution is 0.0594. The van der Waals surface area contributed by atoms with Gasteiger partial charge in [0.25, 0.3) is 0 Å². The van der Waals surface area contributed by atoms with Gasteiger partial charge < -0.3 is 15.6 Å². The average molecular weight is 265 g/mol. The van der Waals surface area contributed by atoms with E-state index in [0.717, 1.165) is 0 Å². The summed E-state index contributed by atoms with van der Waals surface area (Å²) < 4.78 is 4.50. The third-order valence-electron chi connectivity index (χ3n) is 1.91. The zero-order chi connectivity index (χ0) is 12.3. The van der Waals surface area contributed by atoms with Gasteiger partial charge in [-0.2, -0.15) is 0 Å². The van der Waals surface area contributed by atoms with E-state index in [0.29, 0.717) is 5.69 Å². The summed E-state index contributed by atoms with van der Waals surface area (Å²) in [7, 11) is 1.21.